The third-order valence-corrected chi connectivity index (χ3v) is 8.17. The number of thioether (sulfide) groups is 3. The molecule has 0 saturated carbocycles. The van der Waals surface area contributed by atoms with Crippen molar-refractivity contribution < 1.29 is 14.4 Å². The van der Waals surface area contributed by atoms with E-state index in [0.717, 1.165) is 14.7 Å². The summed E-state index contributed by atoms with van der Waals surface area (Å²) in [6, 6.07) is 26.9. The first-order chi connectivity index (χ1) is 18.9. The molecule has 4 aromatic carbocycles. The summed E-state index contributed by atoms with van der Waals surface area (Å²) in [7, 11) is 0. The van der Waals surface area contributed by atoms with Crippen molar-refractivity contribution in [2.75, 3.05) is 34.7 Å². The molecule has 0 spiro atoms. The highest BCUT2D eigenvalue weighted by atomic mass is 32.2. The minimum Gasteiger partial charge on any atom is -0.321 e. The molecule has 0 unspecified atom stereocenters. The topological polar surface area (TPSA) is 87.3 Å². The lowest BCUT2D eigenvalue weighted by atomic mass is 10.0. The summed E-state index contributed by atoms with van der Waals surface area (Å²) >= 11 is 4.53. The SMILES string of the molecule is CSc1ccccc1NC(=O)c1cc(C(=O)Nc2ccccc2SC)cc(C(=O)Nc2ccccc2SC)c1. The molecule has 4 rings (SSSR count). The molecular formula is C30H27N3O3S3. The van der Waals surface area contributed by atoms with Gasteiger partial charge in [-0.15, -0.1) is 35.3 Å². The van der Waals surface area contributed by atoms with Gasteiger partial charge >= 0.3 is 0 Å². The molecule has 6 nitrogen and oxygen atoms in total. The number of anilines is 3. The van der Waals surface area contributed by atoms with Gasteiger partial charge in [0, 0.05) is 31.4 Å². The highest BCUT2D eigenvalue weighted by molar-refractivity contribution is 7.99. The van der Waals surface area contributed by atoms with Crippen molar-refractivity contribution in [3.8, 4) is 0 Å². The number of amides is 3. The third kappa shape index (κ3) is 7.06. The van der Waals surface area contributed by atoms with Gasteiger partial charge in [-0.1, -0.05) is 36.4 Å². The average molecular weight is 574 g/mol. The van der Waals surface area contributed by atoms with Gasteiger partial charge in [-0.25, -0.2) is 0 Å². The molecule has 0 heterocycles. The van der Waals surface area contributed by atoms with Gasteiger partial charge in [0.2, 0.25) is 0 Å². The number of nitrogens with one attached hydrogen (secondary N) is 3. The zero-order chi connectivity index (χ0) is 27.8. The lowest BCUT2D eigenvalue weighted by Crippen LogP contribution is -2.20. The second-order valence-corrected chi connectivity index (χ2v) is 10.8. The fraction of sp³-hybridized carbons (Fsp3) is 0.100. The molecule has 0 saturated heterocycles. The third-order valence-electron chi connectivity index (χ3n) is 5.79. The van der Waals surface area contributed by atoms with Crippen LogP contribution in [0.5, 0.6) is 0 Å². The van der Waals surface area contributed by atoms with Crippen molar-refractivity contribution in [2.45, 2.75) is 14.7 Å². The highest BCUT2D eigenvalue weighted by Gasteiger charge is 2.19. The van der Waals surface area contributed by atoms with E-state index in [-0.39, 0.29) is 16.7 Å². The molecule has 0 aromatic heterocycles. The molecule has 3 N–H and O–H groups in total. The van der Waals surface area contributed by atoms with Gasteiger partial charge in [-0.05, 0) is 73.4 Å². The molecule has 4 aromatic rings. The van der Waals surface area contributed by atoms with Crippen molar-refractivity contribution in [3.63, 3.8) is 0 Å². The first-order valence-corrected chi connectivity index (χ1v) is 15.6. The molecule has 0 aliphatic rings. The van der Waals surface area contributed by atoms with E-state index in [4.69, 9.17) is 0 Å². The largest absolute Gasteiger partial charge is 0.321 e. The summed E-state index contributed by atoms with van der Waals surface area (Å²) in [6.45, 7) is 0. The van der Waals surface area contributed by atoms with Gasteiger partial charge in [0.05, 0.1) is 17.1 Å². The van der Waals surface area contributed by atoms with Crippen LogP contribution in [0.4, 0.5) is 17.1 Å². The summed E-state index contributed by atoms with van der Waals surface area (Å²) in [5, 5.41) is 8.75. The number of hydrogen-bond donors (Lipinski definition) is 3. The molecule has 0 aliphatic heterocycles. The number of rotatable bonds is 9. The van der Waals surface area contributed by atoms with Gasteiger partial charge in [0.1, 0.15) is 0 Å². The van der Waals surface area contributed by atoms with Crippen molar-refractivity contribution >= 4 is 70.1 Å². The monoisotopic (exact) mass is 573 g/mol. The van der Waals surface area contributed by atoms with Crippen LogP contribution in [0.1, 0.15) is 31.1 Å². The molecule has 0 aliphatic carbocycles. The molecule has 0 fully saturated rings. The van der Waals surface area contributed by atoms with Crippen LogP contribution in [0.25, 0.3) is 0 Å². The van der Waals surface area contributed by atoms with E-state index in [1.165, 1.54) is 53.5 Å². The average Bonchev–Trinajstić information content (AvgIpc) is 2.97. The first kappa shape index (κ1) is 28.4. The summed E-state index contributed by atoms with van der Waals surface area (Å²) in [5.74, 6) is -1.27. The molecule has 0 bridgehead atoms. The van der Waals surface area contributed by atoms with E-state index in [2.05, 4.69) is 16.0 Å². The first-order valence-electron chi connectivity index (χ1n) is 11.9. The molecule has 9 heteroatoms. The maximum atomic E-state index is 13.4. The molecule has 3 amide bonds. The van der Waals surface area contributed by atoms with Crippen LogP contribution >= 0.6 is 35.3 Å². The number of carbonyl (C=O) groups excluding carboxylic acids is 3. The van der Waals surface area contributed by atoms with Gasteiger partial charge in [-0.3, -0.25) is 14.4 Å². The molecule has 0 radical (unpaired) electrons. The lowest BCUT2D eigenvalue weighted by molar-refractivity contribution is 0.102. The van der Waals surface area contributed by atoms with Crippen LogP contribution in [0.2, 0.25) is 0 Å². The fourth-order valence-electron chi connectivity index (χ4n) is 3.85. The van der Waals surface area contributed by atoms with Crippen molar-refractivity contribution in [1.29, 1.82) is 0 Å². The Morgan fingerprint density at radius 3 is 0.974 bits per heavy atom. The second-order valence-electron chi connectivity index (χ2n) is 8.26. The Labute approximate surface area is 240 Å². The Morgan fingerprint density at radius 2 is 0.718 bits per heavy atom. The van der Waals surface area contributed by atoms with E-state index in [1.54, 1.807) is 0 Å². The van der Waals surface area contributed by atoms with Crippen LogP contribution in [0, 0.1) is 0 Å². The van der Waals surface area contributed by atoms with Crippen LogP contribution in [0.15, 0.2) is 106 Å². The van der Waals surface area contributed by atoms with E-state index >= 15 is 0 Å². The van der Waals surface area contributed by atoms with Crippen molar-refractivity contribution in [3.05, 3.63) is 108 Å². The Hall–Kier alpha value is -3.66. The standard InChI is InChI=1S/C30H27N3O3S3/c1-37-25-13-7-4-10-22(25)31-28(34)19-16-20(29(35)32-23-11-5-8-14-26(23)38-2)18-21(17-19)30(36)33-24-12-6-9-15-27(24)39-3/h4-18H,1-3H3,(H,31,34)(H,32,35)(H,33,36). The predicted octanol–water partition coefficient (Wildman–Crippen LogP) is 7.61. The van der Waals surface area contributed by atoms with Crippen molar-refractivity contribution in [2.24, 2.45) is 0 Å². The van der Waals surface area contributed by atoms with Crippen LogP contribution in [0.3, 0.4) is 0 Å². The second kappa shape index (κ2) is 13.4. The maximum Gasteiger partial charge on any atom is 0.255 e. The quantitative estimate of drug-likeness (QED) is 0.179. The van der Waals surface area contributed by atoms with Gasteiger partial charge in [-0.2, -0.15) is 0 Å². The van der Waals surface area contributed by atoms with Gasteiger partial charge in [0.25, 0.3) is 17.7 Å². The minimum absolute atomic E-state index is 0.194. The number of hydrogen-bond acceptors (Lipinski definition) is 6. The fourth-order valence-corrected chi connectivity index (χ4v) is 5.51. The molecule has 198 valence electrons. The van der Waals surface area contributed by atoms with Crippen molar-refractivity contribution in [1.82, 2.24) is 0 Å². The smallest absolute Gasteiger partial charge is 0.255 e. The molecule has 0 atom stereocenters. The van der Waals surface area contributed by atoms with E-state index in [9.17, 15) is 14.4 Å². The Bertz CT molecular complexity index is 1330. The number of carbonyl (C=O) groups is 3. The normalized spacial score (nSPS) is 10.5. The van der Waals surface area contributed by atoms with E-state index in [0.29, 0.717) is 17.1 Å². The Balaban J connectivity index is 1.70. The Morgan fingerprint density at radius 1 is 0.462 bits per heavy atom. The van der Waals surface area contributed by atoms with Crippen LogP contribution < -0.4 is 16.0 Å². The van der Waals surface area contributed by atoms with Crippen LogP contribution in [-0.2, 0) is 0 Å². The van der Waals surface area contributed by atoms with Crippen LogP contribution in [-0.4, -0.2) is 36.5 Å². The number of benzene rings is 4. The highest BCUT2D eigenvalue weighted by Crippen LogP contribution is 2.28. The minimum atomic E-state index is -0.422. The predicted molar refractivity (Wildman–Crippen MR) is 165 cm³/mol. The van der Waals surface area contributed by atoms with E-state index < -0.39 is 17.7 Å². The summed E-state index contributed by atoms with van der Waals surface area (Å²) in [6.07, 6.45) is 5.78. The zero-order valence-corrected chi connectivity index (χ0v) is 24.1. The maximum absolute atomic E-state index is 13.4. The summed E-state index contributed by atoms with van der Waals surface area (Å²) in [4.78, 5) is 42.8. The zero-order valence-electron chi connectivity index (χ0n) is 21.6. The molecule has 39 heavy (non-hydrogen) atoms. The number of para-hydroxylation sites is 3. The molecular weight excluding hydrogens is 547 g/mol. The van der Waals surface area contributed by atoms with Gasteiger partial charge in [0.15, 0.2) is 0 Å². The summed E-state index contributed by atoms with van der Waals surface area (Å²) in [5.41, 5.74) is 2.54. The van der Waals surface area contributed by atoms with Gasteiger partial charge < -0.3 is 16.0 Å². The lowest BCUT2D eigenvalue weighted by Gasteiger charge is -2.14. The Kier molecular flexibility index (Phi) is 9.75. The van der Waals surface area contributed by atoms with E-state index in [1.807, 2.05) is 91.6 Å². The summed E-state index contributed by atoms with van der Waals surface area (Å²) < 4.78 is 0.